The first-order valence-electron chi connectivity index (χ1n) is 7.94. The summed E-state index contributed by atoms with van der Waals surface area (Å²) in [6.45, 7) is 8.54. The van der Waals surface area contributed by atoms with Gasteiger partial charge in [-0.25, -0.2) is 9.97 Å². The Morgan fingerprint density at radius 1 is 1.38 bits per heavy atom. The quantitative estimate of drug-likeness (QED) is 0.906. The molecular weight excluding hydrogens is 264 g/mol. The summed E-state index contributed by atoms with van der Waals surface area (Å²) in [7, 11) is 0. The smallest absolute Gasteiger partial charge is 0.222 e. The molecule has 1 aliphatic rings. The van der Waals surface area contributed by atoms with Gasteiger partial charge in [-0.05, 0) is 32.1 Å². The average molecular weight is 290 g/mol. The van der Waals surface area contributed by atoms with Crippen LogP contribution in [0.3, 0.4) is 0 Å². The molecule has 2 heterocycles. The van der Waals surface area contributed by atoms with Crippen molar-refractivity contribution >= 4 is 11.7 Å². The molecule has 2 rings (SSSR count). The Morgan fingerprint density at radius 2 is 2.19 bits per heavy atom. The molecule has 1 saturated heterocycles. The summed E-state index contributed by atoms with van der Waals surface area (Å²) in [5.74, 6) is 2.44. The van der Waals surface area contributed by atoms with Crippen molar-refractivity contribution in [2.75, 3.05) is 18.4 Å². The van der Waals surface area contributed by atoms with Crippen molar-refractivity contribution in [2.45, 2.75) is 53.0 Å². The summed E-state index contributed by atoms with van der Waals surface area (Å²) in [6.07, 6.45) is 3.76. The second-order valence-corrected chi connectivity index (χ2v) is 5.99. The summed E-state index contributed by atoms with van der Waals surface area (Å²) in [6, 6.07) is 1.95. The minimum Gasteiger partial charge on any atom is -0.370 e. The van der Waals surface area contributed by atoms with E-state index in [1.54, 1.807) is 0 Å². The summed E-state index contributed by atoms with van der Waals surface area (Å²) in [5.41, 5.74) is 0.939. The Labute approximate surface area is 127 Å². The highest BCUT2D eigenvalue weighted by atomic mass is 16.2. The minimum atomic E-state index is 0.229. The molecule has 0 radical (unpaired) electrons. The molecule has 1 fully saturated rings. The first kappa shape index (κ1) is 15.7. The maximum Gasteiger partial charge on any atom is 0.222 e. The number of carbonyl (C=O) groups excluding carboxylic acids is 1. The molecule has 0 bridgehead atoms. The first-order chi connectivity index (χ1) is 10.1. The molecule has 5 nitrogen and oxygen atoms in total. The van der Waals surface area contributed by atoms with Crippen LogP contribution < -0.4 is 5.32 Å². The van der Waals surface area contributed by atoms with Crippen LogP contribution in [0.1, 0.15) is 51.0 Å². The highest BCUT2D eigenvalue weighted by Crippen LogP contribution is 2.19. The lowest BCUT2D eigenvalue weighted by Gasteiger charge is -2.20. The molecule has 1 aromatic rings. The Balaban J connectivity index is 2.07. The summed E-state index contributed by atoms with van der Waals surface area (Å²) < 4.78 is 0. The van der Waals surface area contributed by atoms with E-state index in [4.69, 9.17) is 0 Å². The fraction of sp³-hybridized carbons (Fsp3) is 0.688. The van der Waals surface area contributed by atoms with Crippen LogP contribution in [0, 0.1) is 12.8 Å². The van der Waals surface area contributed by atoms with Gasteiger partial charge in [0.2, 0.25) is 5.91 Å². The van der Waals surface area contributed by atoms with Gasteiger partial charge in [-0.15, -0.1) is 0 Å². The molecule has 21 heavy (non-hydrogen) atoms. The molecule has 0 aliphatic carbocycles. The van der Waals surface area contributed by atoms with Gasteiger partial charge in [0, 0.05) is 31.3 Å². The zero-order valence-electron chi connectivity index (χ0n) is 13.4. The molecule has 1 aliphatic heterocycles. The van der Waals surface area contributed by atoms with E-state index >= 15 is 0 Å². The predicted octanol–water partition coefficient (Wildman–Crippen LogP) is 2.76. The normalized spacial score (nSPS) is 19.5. The van der Waals surface area contributed by atoms with Gasteiger partial charge in [0.25, 0.3) is 0 Å². The number of aryl methyl sites for hydroxylation is 1. The van der Waals surface area contributed by atoms with Gasteiger partial charge in [0.1, 0.15) is 11.6 Å². The van der Waals surface area contributed by atoms with Gasteiger partial charge in [-0.1, -0.05) is 13.8 Å². The molecular formula is C16H26N4O. The highest BCUT2D eigenvalue weighted by molar-refractivity contribution is 5.76. The highest BCUT2D eigenvalue weighted by Gasteiger charge is 2.21. The second-order valence-electron chi connectivity index (χ2n) is 5.99. The van der Waals surface area contributed by atoms with E-state index < -0.39 is 0 Å². The molecule has 1 unspecified atom stereocenters. The fourth-order valence-corrected chi connectivity index (χ4v) is 2.56. The van der Waals surface area contributed by atoms with E-state index in [2.05, 4.69) is 29.1 Å². The van der Waals surface area contributed by atoms with E-state index in [0.29, 0.717) is 18.9 Å². The van der Waals surface area contributed by atoms with Gasteiger partial charge in [-0.3, -0.25) is 4.79 Å². The van der Waals surface area contributed by atoms with Crippen molar-refractivity contribution in [3.05, 3.63) is 17.6 Å². The SMILES string of the molecule is CCCNc1cc(C)nc(CN2CCC(C)CCC2=O)n1. The van der Waals surface area contributed by atoms with Crippen molar-refractivity contribution in [2.24, 2.45) is 5.92 Å². The summed E-state index contributed by atoms with van der Waals surface area (Å²) in [4.78, 5) is 23.1. The molecule has 0 saturated carbocycles. The van der Waals surface area contributed by atoms with E-state index in [0.717, 1.165) is 49.7 Å². The average Bonchev–Trinajstić information content (AvgIpc) is 2.60. The molecule has 116 valence electrons. The van der Waals surface area contributed by atoms with Crippen LogP contribution in [0.2, 0.25) is 0 Å². The van der Waals surface area contributed by atoms with Crippen LogP contribution in [-0.2, 0) is 11.3 Å². The third-order valence-electron chi connectivity index (χ3n) is 3.88. The van der Waals surface area contributed by atoms with Gasteiger partial charge in [-0.2, -0.15) is 0 Å². The third-order valence-corrected chi connectivity index (χ3v) is 3.88. The van der Waals surface area contributed by atoms with Crippen molar-refractivity contribution in [3.8, 4) is 0 Å². The van der Waals surface area contributed by atoms with Crippen LogP contribution in [0.15, 0.2) is 6.07 Å². The number of amides is 1. The maximum atomic E-state index is 12.2. The number of anilines is 1. The number of likely N-dealkylation sites (tertiary alicyclic amines) is 1. The molecule has 1 N–H and O–H groups in total. The largest absolute Gasteiger partial charge is 0.370 e. The third kappa shape index (κ3) is 4.69. The number of aromatic nitrogens is 2. The number of hydrogen-bond acceptors (Lipinski definition) is 4. The number of carbonyl (C=O) groups is 1. The standard InChI is InChI=1S/C16H26N4O/c1-4-8-17-14-10-13(3)18-15(19-14)11-20-9-7-12(2)5-6-16(20)21/h10,12H,4-9,11H2,1-3H3,(H,17,18,19). The number of hydrogen-bond donors (Lipinski definition) is 1. The van der Waals surface area contributed by atoms with Crippen LogP contribution in [0.25, 0.3) is 0 Å². The van der Waals surface area contributed by atoms with Crippen molar-refractivity contribution in [1.82, 2.24) is 14.9 Å². The Hall–Kier alpha value is -1.65. The van der Waals surface area contributed by atoms with Gasteiger partial charge >= 0.3 is 0 Å². The van der Waals surface area contributed by atoms with Crippen LogP contribution in [0.4, 0.5) is 5.82 Å². The fourth-order valence-electron chi connectivity index (χ4n) is 2.56. The molecule has 1 aromatic heterocycles. The van der Waals surface area contributed by atoms with Crippen LogP contribution >= 0.6 is 0 Å². The Morgan fingerprint density at radius 3 is 2.95 bits per heavy atom. The van der Waals surface area contributed by atoms with Crippen molar-refractivity contribution in [3.63, 3.8) is 0 Å². The molecule has 0 spiro atoms. The molecule has 1 amide bonds. The lowest BCUT2D eigenvalue weighted by Crippen LogP contribution is -2.30. The summed E-state index contributed by atoms with van der Waals surface area (Å²) in [5, 5.41) is 3.29. The van der Waals surface area contributed by atoms with E-state index in [1.807, 2.05) is 17.9 Å². The monoisotopic (exact) mass is 290 g/mol. The zero-order chi connectivity index (χ0) is 15.2. The zero-order valence-corrected chi connectivity index (χ0v) is 13.4. The Kier molecular flexibility index (Phi) is 5.53. The number of nitrogens with zero attached hydrogens (tertiary/aromatic N) is 3. The molecule has 0 aromatic carbocycles. The van der Waals surface area contributed by atoms with Gasteiger partial charge in [0.15, 0.2) is 0 Å². The van der Waals surface area contributed by atoms with Gasteiger partial charge < -0.3 is 10.2 Å². The topological polar surface area (TPSA) is 58.1 Å². The van der Waals surface area contributed by atoms with E-state index in [-0.39, 0.29) is 5.91 Å². The first-order valence-corrected chi connectivity index (χ1v) is 7.94. The van der Waals surface area contributed by atoms with Crippen LogP contribution in [-0.4, -0.2) is 33.9 Å². The van der Waals surface area contributed by atoms with Crippen molar-refractivity contribution < 1.29 is 4.79 Å². The second kappa shape index (κ2) is 7.38. The minimum absolute atomic E-state index is 0.229. The van der Waals surface area contributed by atoms with Crippen LogP contribution in [0.5, 0.6) is 0 Å². The Bertz CT molecular complexity index is 489. The van der Waals surface area contributed by atoms with Crippen molar-refractivity contribution in [1.29, 1.82) is 0 Å². The predicted molar refractivity (Wildman–Crippen MR) is 84.0 cm³/mol. The maximum absolute atomic E-state index is 12.2. The molecule has 1 atom stereocenters. The summed E-state index contributed by atoms with van der Waals surface area (Å²) >= 11 is 0. The molecule has 5 heteroatoms. The van der Waals surface area contributed by atoms with E-state index in [9.17, 15) is 4.79 Å². The number of nitrogens with one attached hydrogen (secondary N) is 1. The number of rotatable bonds is 5. The lowest BCUT2D eigenvalue weighted by atomic mass is 10.0. The van der Waals surface area contributed by atoms with Gasteiger partial charge in [0.05, 0.1) is 6.54 Å². The van der Waals surface area contributed by atoms with E-state index in [1.165, 1.54) is 0 Å². The lowest BCUT2D eigenvalue weighted by molar-refractivity contribution is -0.131.